The van der Waals surface area contributed by atoms with Gasteiger partial charge in [-0.05, 0) is 23.1 Å². The van der Waals surface area contributed by atoms with Gasteiger partial charge in [-0.15, -0.1) is 0 Å². The number of rotatable bonds is 3. The average molecular weight is 258 g/mol. The second-order valence-corrected chi connectivity index (χ2v) is 5.63. The van der Waals surface area contributed by atoms with Crippen LogP contribution in [0.2, 0.25) is 5.02 Å². The fourth-order valence-corrected chi connectivity index (χ4v) is 1.68. The zero-order chi connectivity index (χ0) is 13.2. The normalized spacial score (nSPS) is 13.5. The minimum atomic E-state index is -0.552. The van der Waals surface area contributed by atoms with Crippen LogP contribution in [0.4, 0.5) is 4.39 Å². The van der Waals surface area contributed by atoms with Gasteiger partial charge < -0.3 is 5.73 Å². The van der Waals surface area contributed by atoms with Crippen LogP contribution in [-0.4, -0.2) is 11.8 Å². The monoisotopic (exact) mass is 257 g/mol. The van der Waals surface area contributed by atoms with Crippen molar-refractivity contribution in [1.29, 1.82) is 0 Å². The van der Waals surface area contributed by atoms with E-state index in [1.54, 1.807) is 0 Å². The smallest absolute Gasteiger partial charge is 0.154 e. The van der Waals surface area contributed by atoms with E-state index in [2.05, 4.69) is 0 Å². The van der Waals surface area contributed by atoms with Gasteiger partial charge >= 0.3 is 0 Å². The molecule has 1 aromatic carbocycles. The molecule has 94 valence electrons. The molecule has 0 aliphatic carbocycles. The van der Waals surface area contributed by atoms with Crippen molar-refractivity contribution in [2.24, 2.45) is 11.1 Å². The van der Waals surface area contributed by atoms with Gasteiger partial charge in [0, 0.05) is 11.4 Å². The van der Waals surface area contributed by atoms with E-state index in [0.29, 0.717) is 5.56 Å². The molecule has 0 aliphatic rings. The van der Waals surface area contributed by atoms with E-state index in [-0.39, 0.29) is 22.6 Å². The predicted octanol–water partition coefficient (Wildman–Crippen LogP) is 2.96. The Morgan fingerprint density at radius 3 is 2.53 bits per heavy atom. The van der Waals surface area contributed by atoms with Gasteiger partial charge in [-0.3, -0.25) is 4.79 Å². The van der Waals surface area contributed by atoms with Crippen LogP contribution in [0.3, 0.4) is 0 Å². The molecule has 0 bridgehead atoms. The number of benzene rings is 1. The second-order valence-electron chi connectivity index (χ2n) is 5.22. The molecule has 0 aliphatic heterocycles. The van der Waals surface area contributed by atoms with Gasteiger partial charge in [0.15, 0.2) is 5.78 Å². The standard InChI is InChI=1S/C13H17ClFNO/c1-13(2,3)12(16)11(17)6-8-4-5-9(15)7-10(8)14/h4-5,7,12H,6,16H2,1-3H3. The molecule has 0 spiro atoms. The van der Waals surface area contributed by atoms with E-state index >= 15 is 0 Å². The predicted molar refractivity (Wildman–Crippen MR) is 67.6 cm³/mol. The summed E-state index contributed by atoms with van der Waals surface area (Å²) in [5.74, 6) is -0.502. The number of hydrogen-bond donors (Lipinski definition) is 1. The van der Waals surface area contributed by atoms with Crippen molar-refractivity contribution in [2.75, 3.05) is 0 Å². The Labute approximate surface area is 106 Å². The van der Waals surface area contributed by atoms with Crippen LogP contribution in [0.5, 0.6) is 0 Å². The highest BCUT2D eigenvalue weighted by Gasteiger charge is 2.27. The quantitative estimate of drug-likeness (QED) is 0.905. The van der Waals surface area contributed by atoms with Crippen molar-refractivity contribution in [2.45, 2.75) is 33.2 Å². The lowest BCUT2D eigenvalue weighted by Gasteiger charge is -2.25. The molecule has 17 heavy (non-hydrogen) atoms. The molecular weight excluding hydrogens is 241 g/mol. The van der Waals surface area contributed by atoms with Crippen LogP contribution in [0.1, 0.15) is 26.3 Å². The number of halogens is 2. The highest BCUT2D eigenvalue weighted by Crippen LogP contribution is 2.22. The molecule has 1 rings (SSSR count). The van der Waals surface area contributed by atoms with Crippen molar-refractivity contribution in [1.82, 2.24) is 0 Å². The fourth-order valence-electron chi connectivity index (χ4n) is 1.45. The maximum Gasteiger partial charge on any atom is 0.154 e. The molecule has 0 radical (unpaired) electrons. The minimum absolute atomic E-state index is 0.0917. The molecule has 2 N–H and O–H groups in total. The molecule has 1 aromatic rings. The summed E-state index contributed by atoms with van der Waals surface area (Å²) < 4.78 is 12.8. The molecule has 4 heteroatoms. The Balaban J connectivity index is 2.82. The van der Waals surface area contributed by atoms with Crippen molar-refractivity contribution < 1.29 is 9.18 Å². The van der Waals surface area contributed by atoms with Crippen molar-refractivity contribution in [3.63, 3.8) is 0 Å². The van der Waals surface area contributed by atoms with Crippen molar-refractivity contribution in [3.8, 4) is 0 Å². The zero-order valence-corrected chi connectivity index (χ0v) is 11.0. The number of hydrogen-bond acceptors (Lipinski definition) is 2. The van der Waals surface area contributed by atoms with Gasteiger partial charge in [0.25, 0.3) is 0 Å². The van der Waals surface area contributed by atoms with E-state index in [1.165, 1.54) is 18.2 Å². The lowest BCUT2D eigenvalue weighted by Crippen LogP contribution is -2.43. The minimum Gasteiger partial charge on any atom is -0.321 e. The maximum absolute atomic E-state index is 12.8. The van der Waals surface area contributed by atoms with Crippen LogP contribution in [-0.2, 0) is 11.2 Å². The van der Waals surface area contributed by atoms with Crippen molar-refractivity contribution >= 4 is 17.4 Å². The number of carbonyl (C=O) groups is 1. The largest absolute Gasteiger partial charge is 0.321 e. The second kappa shape index (κ2) is 5.15. The molecule has 1 unspecified atom stereocenters. The van der Waals surface area contributed by atoms with Gasteiger partial charge in [-0.2, -0.15) is 0 Å². The Hall–Kier alpha value is -0.930. The van der Waals surface area contributed by atoms with Crippen LogP contribution in [0, 0.1) is 11.2 Å². The first-order valence-electron chi connectivity index (χ1n) is 5.44. The van der Waals surface area contributed by atoms with E-state index in [4.69, 9.17) is 17.3 Å². The molecule has 0 aromatic heterocycles. The number of Topliss-reactive ketones (excluding diaryl/α,β-unsaturated/α-hetero) is 1. The Bertz CT molecular complexity index is 426. The molecule has 2 nitrogen and oxygen atoms in total. The van der Waals surface area contributed by atoms with E-state index in [9.17, 15) is 9.18 Å². The molecule has 0 saturated heterocycles. The summed E-state index contributed by atoms with van der Waals surface area (Å²) in [5.41, 5.74) is 6.18. The Kier molecular flexibility index (Phi) is 4.28. The average Bonchev–Trinajstić information content (AvgIpc) is 2.19. The highest BCUT2D eigenvalue weighted by molar-refractivity contribution is 6.31. The van der Waals surface area contributed by atoms with Gasteiger partial charge in [-0.25, -0.2) is 4.39 Å². The summed E-state index contributed by atoms with van der Waals surface area (Å²) in [7, 11) is 0. The van der Waals surface area contributed by atoms with E-state index in [0.717, 1.165) is 0 Å². The molecule has 0 amide bonds. The summed E-state index contributed by atoms with van der Waals surface area (Å²) in [6.07, 6.45) is 0.136. The Morgan fingerprint density at radius 2 is 2.06 bits per heavy atom. The zero-order valence-electron chi connectivity index (χ0n) is 10.3. The third-order valence-electron chi connectivity index (χ3n) is 2.66. The third kappa shape index (κ3) is 3.79. The molecule has 0 heterocycles. The van der Waals surface area contributed by atoms with Crippen LogP contribution >= 0.6 is 11.6 Å². The first-order chi connectivity index (χ1) is 7.71. The molecular formula is C13H17ClFNO. The summed E-state index contributed by atoms with van der Waals surface area (Å²) in [6.45, 7) is 5.71. The summed E-state index contributed by atoms with van der Waals surface area (Å²) in [5, 5.41) is 0.263. The number of ketones is 1. The summed E-state index contributed by atoms with van der Waals surface area (Å²) in [4.78, 5) is 11.9. The molecule has 0 fully saturated rings. The Morgan fingerprint density at radius 1 is 1.47 bits per heavy atom. The first kappa shape index (κ1) is 14.1. The van der Waals surface area contributed by atoms with Gasteiger partial charge in [-0.1, -0.05) is 38.4 Å². The first-order valence-corrected chi connectivity index (χ1v) is 5.82. The number of nitrogens with two attached hydrogens (primary N) is 1. The summed E-state index contributed by atoms with van der Waals surface area (Å²) >= 11 is 5.86. The highest BCUT2D eigenvalue weighted by atomic mass is 35.5. The number of carbonyl (C=O) groups excluding carboxylic acids is 1. The maximum atomic E-state index is 12.8. The lowest BCUT2D eigenvalue weighted by atomic mass is 9.83. The topological polar surface area (TPSA) is 43.1 Å². The van der Waals surface area contributed by atoms with Crippen LogP contribution in [0.15, 0.2) is 18.2 Å². The van der Waals surface area contributed by atoms with E-state index < -0.39 is 11.9 Å². The van der Waals surface area contributed by atoms with E-state index in [1.807, 2.05) is 20.8 Å². The third-order valence-corrected chi connectivity index (χ3v) is 3.01. The van der Waals surface area contributed by atoms with Gasteiger partial charge in [0.1, 0.15) is 5.82 Å². The van der Waals surface area contributed by atoms with Gasteiger partial charge in [0.2, 0.25) is 0 Å². The SMILES string of the molecule is CC(C)(C)C(N)C(=O)Cc1ccc(F)cc1Cl. The summed E-state index contributed by atoms with van der Waals surface area (Å²) in [6, 6.07) is 3.46. The lowest BCUT2D eigenvalue weighted by molar-refractivity contribution is -0.121. The van der Waals surface area contributed by atoms with Crippen LogP contribution in [0.25, 0.3) is 0 Å². The van der Waals surface area contributed by atoms with Crippen molar-refractivity contribution in [3.05, 3.63) is 34.6 Å². The molecule has 1 atom stereocenters. The molecule has 0 saturated carbocycles. The van der Waals surface area contributed by atoms with Crippen LogP contribution < -0.4 is 5.73 Å². The fraction of sp³-hybridized carbons (Fsp3) is 0.462. The van der Waals surface area contributed by atoms with Gasteiger partial charge in [0.05, 0.1) is 6.04 Å².